The summed E-state index contributed by atoms with van der Waals surface area (Å²) in [5, 5.41) is 10.6. The van der Waals surface area contributed by atoms with Gasteiger partial charge in [-0.3, -0.25) is 28.9 Å². The van der Waals surface area contributed by atoms with E-state index in [1.807, 2.05) is 88.4 Å². The zero-order valence-electron chi connectivity index (χ0n) is 36.0. The van der Waals surface area contributed by atoms with Gasteiger partial charge < -0.3 is 25.4 Å². The lowest BCUT2D eigenvalue weighted by atomic mass is 9.94. The zero-order valence-corrected chi connectivity index (χ0v) is 37.7. The number of hydrogen-bond donors (Lipinski definition) is 3. The van der Waals surface area contributed by atoms with Gasteiger partial charge in [-0.1, -0.05) is 102 Å². The molecule has 1 saturated heterocycles. The number of carbonyl (C=O) groups is 6. The van der Waals surface area contributed by atoms with E-state index in [-0.39, 0.29) is 59.7 Å². The second-order valence-corrected chi connectivity index (χ2v) is 17.7. The van der Waals surface area contributed by atoms with Gasteiger partial charge in [0, 0.05) is 30.4 Å². The number of likely N-dealkylation sites (tertiary alicyclic amines) is 1. The molecule has 3 aromatic rings. The standard InChI is InChI=1S/C45H61N5O8S.ClH/c1-9-29(4)38(49-40(53)36-21-16-22-50(36)44(56)58-45(6,7)8)41(54)47-34(28(2)3)25-37(51)42-48-35(27-59-42)39(52)46-33(24-31-17-12-10-13-18-31)23-30(5)43(55)57-26-32-19-14-11-15-20-32;/h10-15,17-20,27-30,33-34,36,38H,9,16,21-26H2,1-8H3,(H,46,52)(H,47,54)(H,49,53);1H/t29-,30-,33+,34+,36-,38-;/m0./s1. The number of ether oxygens (including phenoxy) is 2. The molecule has 1 fully saturated rings. The monoisotopic (exact) mass is 867 g/mol. The molecule has 15 heteroatoms. The van der Waals surface area contributed by atoms with Crippen LogP contribution in [0.3, 0.4) is 0 Å². The van der Waals surface area contributed by atoms with E-state index >= 15 is 0 Å². The number of Topliss-reactive ketones (excluding diaryl/α,β-unsaturated/α-hetero) is 1. The first-order valence-corrected chi connectivity index (χ1v) is 21.5. The Morgan fingerprint density at radius 3 is 2.13 bits per heavy atom. The van der Waals surface area contributed by atoms with E-state index in [4.69, 9.17) is 9.47 Å². The highest BCUT2D eigenvalue weighted by atomic mass is 35.5. The molecule has 0 bridgehead atoms. The summed E-state index contributed by atoms with van der Waals surface area (Å²) in [6, 6.07) is 16.4. The van der Waals surface area contributed by atoms with Crippen LogP contribution in [0.2, 0.25) is 0 Å². The summed E-state index contributed by atoms with van der Waals surface area (Å²) in [7, 11) is 0. The molecule has 4 rings (SSSR count). The molecule has 6 atom stereocenters. The van der Waals surface area contributed by atoms with Crippen LogP contribution in [0.5, 0.6) is 0 Å². The van der Waals surface area contributed by atoms with Crippen LogP contribution >= 0.6 is 23.7 Å². The summed E-state index contributed by atoms with van der Waals surface area (Å²) in [6.45, 7) is 15.2. The van der Waals surface area contributed by atoms with E-state index in [0.717, 1.165) is 22.5 Å². The lowest BCUT2D eigenvalue weighted by Crippen LogP contribution is -2.57. The lowest BCUT2D eigenvalue weighted by molar-refractivity contribution is -0.149. The van der Waals surface area contributed by atoms with Crippen molar-refractivity contribution < 1.29 is 38.2 Å². The van der Waals surface area contributed by atoms with E-state index in [2.05, 4.69) is 20.9 Å². The van der Waals surface area contributed by atoms with Crippen molar-refractivity contribution in [2.75, 3.05) is 6.54 Å². The molecule has 0 spiro atoms. The maximum absolute atomic E-state index is 13.8. The number of nitrogens with zero attached hydrogens (tertiary/aromatic N) is 2. The molecular weight excluding hydrogens is 806 g/mol. The predicted molar refractivity (Wildman–Crippen MR) is 234 cm³/mol. The first-order chi connectivity index (χ1) is 27.9. The Morgan fingerprint density at radius 2 is 1.53 bits per heavy atom. The third-order valence-corrected chi connectivity index (χ3v) is 11.3. The average Bonchev–Trinajstić information content (AvgIpc) is 3.90. The van der Waals surface area contributed by atoms with Crippen molar-refractivity contribution in [2.24, 2.45) is 17.8 Å². The van der Waals surface area contributed by atoms with Gasteiger partial charge >= 0.3 is 12.1 Å². The van der Waals surface area contributed by atoms with Crippen LogP contribution in [0.1, 0.15) is 119 Å². The summed E-state index contributed by atoms with van der Waals surface area (Å²) in [4.78, 5) is 86.2. The van der Waals surface area contributed by atoms with Gasteiger partial charge in [-0.25, -0.2) is 9.78 Å². The Balaban J connectivity index is 0.00000961. The van der Waals surface area contributed by atoms with Crippen molar-refractivity contribution in [1.29, 1.82) is 0 Å². The molecule has 60 heavy (non-hydrogen) atoms. The van der Waals surface area contributed by atoms with Gasteiger partial charge in [0.05, 0.1) is 5.92 Å². The minimum atomic E-state index is -0.905. The van der Waals surface area contributed by atoms with Crippen molar-refractivity contribution >= 4 is 59.3 Å². The first kappa shape index (κ1) is 49.5. The van der Waals surface area contributed by atoms with Crippen molar-refractivity contribution in [3.63, 3.8) is 0 Å². The van der Waals surface area contributed by atoms with Gasteiger partial charge in [0.25, 0.3) is 5.91 Å². The van der Waals surface area contributed by atoms with Crippen molar-refractivity contribution in [3.05, 3.63) is 87.9 Å². The van der Waals surface area contributed by atoms with Crippen LogP contribution in [0.15, 0.2) is 66.0 Å². The number of halogens is 1. The molecule has 1 aliphatic heterocycles. The van der Waals surface area contributed by atoms with Gasteiger partial charge in [-0.05, 0) is 69.4 Å². The van der Waals surface area contributed by atoms with Crippen molar-refractivity contribution in [1.82, 2.24) is 25.8 Å². The van der Waals surface area contributed by atoms with Crippen LogP contribution in [-0.2, 0) is 36.9 Å². The van der Waals surface area contributed by atoms with Crippen LogP contribution in [0.25, 0.3) is 0 Å². The van der Waals surface area contributed by atoms with E-state index in [9.17, 15) is 28.8 Å². The number of esters is 1. The molecule has 0 aliphatic carbocycles. The highest BCUT2D eigenvalue weighted by Gasteiger charge is 2.39. The molecule has 328 valence electrons. The molecule has 13 nitrogen and oxygen atoms in total. The van der Waals surface area contributed by atoms with Crippen LogP contribution in [-0.4, -0.2) is 81.8 Å². The van der Waals surface area contributed by atoms with Crippen LogP contribution in [0, 0.1) is 17.8 Å². The van der Waals surface area contributed by atoms with Gasteiger partial charge in [0.1, 0.15) is 30.0 Å². The normalized spacial score (nSPS) is 16.4. The zero-order chi connectivity index (χ0) is 43.3. The molecule has 0 unspecified atom stereocenters. The van der Waals surface area contributed by atoms with Gasteiger partial charge in [-0.15, -0.1) is 23.7 Å². The molecule has 4 amide bonds. The maximum atomic E-state index is 13.8. The van der Waals surface area contributed by atoms with Crippen LogP contribution < -0.4 is 16.0 Å². The molecule has 2 aromatic carbocycles. The summed E-state index contributed by atoms with van der Waals surface area (Å²) in [5.74, 6) is -2.95. The molecule has 1 aromatic heterocycles. The Kier molecular flexibility index (Phi) is 19.2. The fraction of sp³-hybridized carbons (Fsp3) is 0.533. The third-order valence-electron chi connectivity index (χ3n) is 10.4. The highest BCUT2D eigenvalue weighted by molar-refractivity contribution is 7.12. The number of carbonyl (C=O) groups excluding carboxylic acids is 6. The maximum Gasteiger partial charge on any atom is 0.410 e. The smallest absolute Gasteiger partial charge is 0.410 e. The SMILES string of the molecule is CC[C@H](C)[C@H](NC(=O)[C@@H]1CCCN1C(=O)OC(C)(C)C)C(=O)N[C@H](CC(=O)c1nc(C(=O)N[C@@H](Cc2ccccc2)C[C@H](C)C(=O)OCc2ccccc2)cs1)C(C)C.Cl. The lowest BCUT2D eigenvalue weighted by Gasteiger charge is -2.31. The Labute approximate surface area is 364 Å². The van der Waals surface area contributed by atoms with Crippen molar-refractivity contribution in [2.45, 2.75) is 130 Å². The molecule has 0 radical (unpaired) electrons. The number of rotatable bonds is 19. The second kappa shape index (κ2) is 23.3. The topological polar surface area (TPSA) is 173 Å². The first-order valence-electron chi connectivity index (χ1n) is 20.6. The number of benzene rings is 2. The number of thiazole rings is 1. The van der Waals surface area contributed by atoms with Crippen molar-refractivity contribution in [3.8, 4) is 0 Å². The van der Waals surface area contributed by atoms with Crippen LogP contribution in [0.4, 0.5) is 4.79 Å². The summed E-state index contributed by atoms with van der Waals surface area (Å²) >= 11 is 1.05. The second-order valence-electron chi connectivity index (χ2n) is 16.8. The number of ketones is 1. The van der Waals surface area contributed by atoms with Gasteiger partial charge in [0.15, 0.2) is 10.8 Å². The molecular formula is C45H62ClN5O8S. The fourth-order valence-corrected chi connectivity index (χ4v) is 7.54. The highest BCUT2D eigenvalue weighted by Crippen LogP contribution is 2.23. The quantitative estimate of drug-likeness (QED) is 0.0825. The van der Waals surface area contributed by atoms with E-state index in [0.29, 0.717) is 38.6 Å². The van der Waals surface area contributed by atoms with Gasteiger partial charge in [0.2, 0.25) is 11.8 Å². The number of aromatic nitrogens is 1. The summed E-state index contributed by atoms with van der Waals surface area (Å²) in [6.07, 6.45) is 1.82. The Bertz CT molecular complexity index is 1890. The number of amides is 4. The minimum absolute atomic E-state index is 0. The van der Waals surface area contributed by atoms with Gasteiger partial charge in [-0.2, -0.15) is 0 Å². The number of hydrogen-bond acceptors (Lipinski definition) is 10. The number of nitrogens with one attached hydrogen (secondary N) is 3. The Hall–Kier alpha value is -4.82. The Morgan fingerprint density at radius 1 is 0.900 bits per heavy atom. The molecule has 1 aliphatic rings. The molecule has 3 N–H and O–H groups in total. The fourth-order valence-electron chi connectivity index (χ4n) is 6.79. The third kappa shape index (κ3) is 15.0. The predicted octanol–water partition coefficient (Wildman–Crippen LogP) is 7.32. The van der Waals surface area contributed by atoms with E-state index in [1.54, 1.807) is 27.7 Å². The average molecular weight is 869 g/mol. The summed E-state index contributed by atoms with van der Waals surface area (Å²) in [5.41, 5.74) is 1.22. The molecule has 2 heterocycles. The minimum Gasteiger partial charge on any atom is -0.461 e. The van der Waals surface area contributed by atoms with E-state index < -0.39 is 59.5 Å². The van der Waals surface area contributed by atoms with E-state index in [1.165, 1.54) is 10.3 Å². The molecule has 0 saturated carbocycles. The summed E-state index contributed by atoms with van der Waals surface area (Å²) < 4.78 is 11.1. The largest absolute Gasteiger partial charge is 0.461 e.